The number of aromatic nitrogens is 5. The Kier molecular flexibility index (Phi) is 3.62. The smallest absolute Gasteiger partial charge is 0.280 e. The molecule has 3 N–H and O–H groups in total. The molecule has 1 aliphatic rings. The van der Waals surface area contributed by atoms with E-state index in [0.29, 0.717) is 22.9 Å². The Hall–Kier alpha value is -2.94. The third-order valence-corrected chi connectivity index (χ3v) is 4.04. The lowest BCUT2D eigenvalue weighted by Gasteiger charge is -2.29. The summed E-state index contributed by atoms with van der Waals surface area (Å²) in [5, 5.41) is 6.41. The summed E-state index contributed by atoms with van der Waals surface area (Å²) in [6, 6.07) is 3.94. The monoisotopic (exact) mass is 326 g/mol. The van der Waals surface area contributed by atoms with Gasteiger partial charge in [-0.1, -0.05) is 0 Å². The third-order valence-electron chi connectivity index (χ3n) is 4.04. The van der Waals surface area contributed by atoms with Crippen LogP contribution in [0.25, 0.3) is 11.2 Å². The molecule has 124 valence electrons. The molecule has 0 radical (unpaired) electrons. The highest BCUT2D eigenvalue weighted by Crippen LogP contribution is 2.19. The van der Waals surface area contributed by atoms with Crippen molar-refractivity contribution in [3.8, 4) is 0 Å². The van der Waals surface area contributed by atoms with Crippen LogP contribution in [0.5, 0.6) is 0 Å². The molecule has 3 aromatic heterocycles. The Morgan fingerprint density at radius 3 is 2.92 bits per heavy atom. The second-order valence-electron chi connectivity index (χ2n) is 5.70. The zero-order valence-electron chi connectivity index (χ0n) is 13.3. The van der Waals surface area contributed by atoms with E-state index in [1.807, 2.05) is 12.1 Å². The standard InChI is InChI=1S/C15H18N8O/c1-22-9-18-12-13(22)20-15(21-14(12)24)19-11-8-10(2-3-17-11)23-6-4-16-5-7-23/h2-3,8-9,16H,4-7H2,1H3,(H2,17,19,20,21,24). The normalized spacial score (nSPS) is 15.0. The highest BCUT2D eigenvalue weighted by molar-refractivity contribution is 5.71. The van der Waals surface area contributed by atoms with Crippen molar-refractivity contribution in [3.05, 3.63) is 35.0 Å². The Morgan fingerprint density at radius 2 is 2.08 bits per heavy atom. The SMILES string of the molecule is Cn1cnc2c(=O)[nH]c(Nc3cc(N4CCNCC4)ccn3)nc21. The lowest BCUT2D eigenvalue weighted by atomic mass is 10.3. The predicted molar refractivity (Wildman–Crippen MR) is 91.7 cm³/mol. The number of pyridine rings is 1. The van der Waals surface area contributed by atoms with E-state index in [1.54, 1.807) is 24.1 Å². The van der Waals surface area contributed by atoms with E-state index in [1.165, 1.54) is 0 Å². The third kappa shape index (κ3) is 2.69. The van der Waals surface area contributed by atoms with E-state index >= 15 is 0 Å². The quantitative estimate of drug-likeness (QED) is 0.632. The van der Waals surface area contributed by atoms with Crippen molar-refractivity contribution in [3.63, 3.8) is 0 Å². The van der Waals surface area contributed by atoms with Crippen LogP contribution in [0.2, 0.25) is 0 Å². The van der Waals surface area contributed by atoms with E-state index in [9.17, 15) is 4.79 Å². The first-order valence-corrected chi connectivity index (χ1v) is 7.81. The molecule has 1 aliphatic heterocycles. The summed E-state index contributed by atoms with van der Waals surface area (Å²) in [7, 11) is 1.80. The van der Waals surface area contributed by atoms with Crippen LogP contribution < -0.4 is 21.1 Å². The van der Waals surface area contributed by atoms with Gasteiger partial charge in [-0.2, -0.15) is 4.98 Å². The first-order chi connectivity index (χ1) is 11.7. The Labute approximate surface area is 137 Å². The molecule has 0 amide bonds. The second-order valence-corrected chi connectivity index (χ2v) is 5.70. The summed E-state index contributed by atoms with van der Waals surface area (Å²) in [6.07, 6.45) is 3.32. The van der Waals surface area contributed by atoms with Gasteiger partial charge in [0.25, 0.3) is 5.56 Å². The van der Waals surface area contributed by atoms with Crippen LogP contribution in [0.1, 0.15) is 0 Å². The van der Waals surface area contributed by atoms with Crippen molar-refractivity contribution in [2.24, 2.45) is 7.05 Å². The number of hydrogen-bond acceptors (Lipinski definition) is 7. The van der Waals surface area contributed by atoms with Crippen LogP contribution in [0.3, 0.4) is 0 Å². The maximum Gasteiger partial charge on any atom is 0.280 e. The van der Waals surface area contributed by atoms with Gasteiger partial charge in [-0.3, -0.25) is 9.78 Å². The average molecular weight is 326 g/mol. The van der Waals surface area contributed by atoms with E-state index in [2.05, 4.69) is 35.5 Å². The fourth-order valence-corrected chi connectivity index (χ4v) is 2.80. The van der Waals surface area contributed by atoms with Gasteiger partial charge in [-0.25, -0.2) is 9.97 Å². The highest BCUT2D eigenvalue weighted by atomic mass is 16.1. The van der Waals surface area contributed by atoms with Gasteiger partial charge in [0.2, 0.25) is 5.95 Å². The molecule has 0 bridgehead atoms. The lowest BCUT2D eigenvalue weighted by molar-refractivity contribution is 0.589. The number of H-pyrrole nitrogens is 1. The number of imidazole rings is 1. The number of fused-ring (bicyclic) bond motifs is 1. The molecule has 0 spiro atoms. The molecule has 4 rings (SSSR count). The summed E-state index contributed by atoms with van der Waals surface area (Å²) in [6.45, 7) is 3.85. The molecule has 0 aliphatic carbocycles. The van der Waals surface area contributed by atoms with Gasteiger partial charge in [0, 0.05) is 51.2 Å². The summed E-state index contributed by atoms with van der Waals surface area (Å²) < 4.78 is 1.71. The number of nitrogens with one attached hydrogen (secondary N) is 3. The molecule has 1 fully saturated rings. The zero-order chi connectivity index (χ0) is 16.5. The van der Waals surface area contributed by atoms with Gasteiger partial charge in [-0.15, -0.1) is 0 Å². The summed E-state index contributed by atoms with van der Waals surface area (Å²) in [5.41, 5.74) is 1.67. The fraction of sp³-hybridized carbons (Fsp3) is 0.333. The first-order valence-electron chi connectivity index (χ1n) is 7.81. The van der Waals surface area contributed by atoms with Crippen molar-refractivity contribution < 1.29 is 0 Å². The number of nitrogens with zero attached hydrogens (tertiary/aromatic N) is 5. The molecule has 0 unspecified atom stereocenters. The van der Waals surface area contributed by atoms with E-state index in [0.717, 1.165) is 31.9 Å². The Morgan fingerprint density at radius 1 is 1.25 bits per heavy atom. The number of anilines is 3. The molecular weight excluding hydrogens is 308 g/mol. The molecule has 24 heavy (non-hydrogen) atoms. The van der Waals surface area contributed by atoms with Crippen LogP contribution in [-0.2, 0) is 7.05 Å². The number of aromatic amines is 1. The summed E-state index contributed by atoms with van der Waals surface area (Å²) in [4.78, 5) is 29.8. The minimum absolute atomic E-state index is 0.277. The van der Waals surface area contributed by atoms with Crippen molar-refractivity contribution in [2.45, 2.75) is 0 Å². The molecule has 0 saturated carbocycles. The van der Waals surface area contributed by atoms with Crippen LogP contribution >= 0.6 is 0 Å². The van der Waals surface area contributed by atoms with Crippen LogP contribution in [-0.4, -0.2) is 50.7 Å². The number of rotatable bonds is 3. The summed E-state index contributed by atoms with van der Waals surface area (Å²) in [5.74, 6) is 0.983. The topological polar surface area (TPSA) is 104 Å². The predicted octanol–water partition coefficient (Wildman–Crippen LogP) is 0.205. The lowest BCUT2D eigenvalue weighted by Crippen LogP contribution is -2.43. The van der Waals surface area contributed by atoms with E-state index < -0.39 is 0 Å². The average Bonchev–Trinajstić information content (AvgIpc) is 2.98. The molecule has 0 atom stereocenters. The van der Waals surface area contributed by atoms with Crippen LogP contribution in [0, 0.1) is 0 Å². The van der Waals surface area contributed by atoms with E-state index in [4.69, 9.17) is 0 Å². The van der Waals surface area contributed by atoms with Crippen LogP contribution in [0.4, 0.5) is 17.5 Å². The molecule has 1 saturated heterocycles. The van der Waals surface area contributed by atoms with Gasteiger partial charge in [0.05, 0.1) is 6.33 Å². The maximum absolute atomic E-state index is 12.1. The molecule has 0 aromatic carbocycles. The summed E-state index contributed by atoms with van der Waals surface area (Å²) >= 11 is 0. The van der Waals surface area contributed by atoms with Crippen molar-refractivity contribution in [2.75, 3.05) is 36.4 Å². The number of aryl methyl sites for hydroxylation is 1. The van der Waals surface area contributed by atoms with Gasteiger partial charge >= 0.3 is 0 Å². The molecule has 9 nitrogen and oxygen atoms in total. The maximum atomic E-state index is 12.1. The minimum Gasteiger partial charge on any atom is -0.369 e. The molecule has 4 heterocycles. The molecule has 9 heteroatoms. The van der Waals surface area contributed by atoms with Gasteiger partial charge < -0.3 is 20.1 Å². The zero-order valence-corrected chi connectivity index (χ0v) is 13.3. The van der Waals surface area contributed by atoms with Crippen LogP contribution in [0.15, 0.2) is 29.5 Å². The van der Waals surface area contributed by atoms with Gasteiger partial charge in [0.15, 0.2) is 11.2 Å². The highest BCUT2D eigenvalue weighted by Gasteiger charge is 2.12. The molecule has 3 aromatic rings. The second kappa shape index (κ2) is 5.93. The molecular formula is C15H18N8O. The van der Waals surface area contributed by atoms with Gasteiger partial charge in [0.1, 0.15) is 5.82 Å². The van der Waals surface area contributed by atoms with Crippen molar-refractivity contribution >= 4 is 28.6 Å². The van der Waals surface area contributed by atoms with Crippen molar-refractivity contribution in [1.82, 2.24) is 29.8 Å². The largest absolute Gasteiger partial charge is 0.369 e. The fourth-order valence-electron chi connectivity index (χ4n) is 2.80. The number of piperazine rings is 1. The van der Waals surface area contributed by atoms with Gasteiger partial charge in [-0.05, 0) is 6.07 Å². The first kappa shape index (κ1) is 14.6. The number of hydrogen-bond donors (Lipinski definition) is 3. The Balaban J connectivity index is 1.63. The van der Waals surface area contributed by atoms with Crippen molar-refractivity contribution in [1.29, 1.82) is 0 Å². The van der Waals surface area contributed by atoms with E-state index in [-0.39, 0.29) is 5.56 Å². The Bertz CT molecular complexity index is 925. The minimum atomic E-state index is -0.277.